The van der Waals surface area contributed by atoms with Crippen LogP contribution < -0.4 is 19.7 Å². The molecule has 1 aliphatic rings. The lowest BCUT2D eigenvalue weighted by atomic mass is 10.0. The molecule has 1 fully saturated rings. The number of halogens is 1. The number of benzene rings is 3. The summed E-state index contributed by atoms with van der Waals surface area (Å²) >= 11 is 13.4. The van der Waals surface area contributed by atoms with Crippen molar-refractivity contribution in [1.29, 1.82) is 0 Å². The largest absolute Gasteiger partial charge is 0.497 e. The number of ether oxygens (including phenoxy) is 2. The summed E-state index contributed by atoms with van der Waals surface area (Å²) in [6.45, 7) is 0. The summed E-state index contributed by atoms with van der Waals surface area (Å²) in [5.41, 5.74) is 1.78. The van der Waals surface area contributed by atoms with E-state index in [4.69, 9.17) is 37.7 Å². The second-order valence-corrected chi connectivity index (χ2v) is 10.9. The number of pyridine rings is 1. The smallest absolute Gasteiger partial charge is 0.174 e. The average molecular weight is 586 g/mol. The molecule has 0 spiro atoms. The number of nitrogens with one attached hydrogen (secondary N) is 1. The van der Waals surface area contributed by atoms with E-state index in [-0.39, 0.29) is 12.1 Å². The van der Waals surface area contributed by atoms with Gasteiger partial charge in [-0.2, -0.15) is 0 Å². The molecule has 3 heterocycles. The third-order valence-corrected chi connectivity index (χ3v) is 7.93. The van der Waals surface area contributed by atoms with Crippen LogP contribution in [0, 0.1) is 0 Å². The Morgan fingerprint density at radius 2 is 1.57 bits per heavy atom. The van der Waals surface area contributed by atoms with Crippen LogP contribution in [0.15, 0.2) is 124 Å². The Labute approximate surface area is 246 Å². The van der Waals surface area contributed by atoms with Crippen LogP contribution in [0.2, 0.25) is 5.02 Å². The summed E-state index contributed by atoms with van der Waals surface area (Å²) in [4.78, 5) is 7.73. The van der Waals surface area contributed by atoms with Gasteiger partial charge in [0.05, 0.1) is 18.8 Å². The maximum Gasteiger partial charge on any atom is 0.174 e. The van der Waals surface area contributed by atoms with Gasteiger partial charge in [-0.3, -0.25) is 4.98 Å². The first-order valence-corrected chi connectivity index (χ1v) is 14.1. The zero-order chi connectivity index (χ0) is 27.5. The lowest BCUT2D eigenvalue weighted by molar-refractivity contribution is 0.383. The van der Waals surface area contributed by atoms with Gasteiger partial charge in [0, 0.05) is 21.8 Å². The summed E-state index contributed by atoms with van der Waals surface area (Å²) in [5.74, 6) is 2.99. The monoisotopic (exact) mass is 585 g/mol. The highest BCUT2D eigenvalue weighted by molar-refractivity contribution is 7.99. The minimum Gasteiger partial charge on any atom is -0.497 e. The fourth-order valence-corrected chi connectivity index (χ4v) is 5.79. The molecule has 1 N–H and O–H groups in total. The van der Waals surface area contributed by atoms with E-state index in [0.717, 1.165) is 38.6 Å². The van der Waals surface area contributed by atoms with Crippen molar-refractivity contribution in [2.45, 2.75) is 22.1 Å². The highest BCUT2D eigenvalue weighted by Crippen LogP contribution is 2.44. The molecule has 1 aliphatic heterocycles. The van der Waals surface area contributed by atoms with E-state index < -0.39 is 0 Å². The van der Waals surface area contributed by atoms with Crippen LogP contribution >= 0.6 is 35.6 Å². The number of methoxy groups -OCH3 is 1. The van der Waals surface area contributed by atoms with Crippen molar-refractivity contribution in [3.05, 3.63) is 126 Å². The van der Waals surface area contributed by atoms with E-state index in [1.807, 2.05) is 103 Å². The molecule has 200 valence electrons. The number of hydrogen-bond acceptors (Lipinski definition) is 6. The minimum atomic E-state index is -0.254. The lowest BCUT2D eigenvalue weighted by Gasteiger charge is -2.26. The SMILES string of the molecule is COc1ccc(Oc2ccc(N3C(=S)N[C@@H](c4ccccn4)[C@H]3c3ccc(Sc4ccc(Cl)cc4)o3)cc2)cc1. The van der Waals surface area contributed by atoms with Crippen molar-refractivity contribution in [1.82, 2.24) is 10.3 Å². The van der Waals surface area contributed by atoms with Gasteiger partial charge in [-0.05, 0) is 109 Å². The normalized spacial score (nSPS) is 16.6. The van der Waals surface area contributed by atoms with Crippen molar-refractivity contribution >= 4 is 46.4 Å². The number of furan rings is 1. The van der Waals surface area contributed by atoms with Crippen LogP contribution in [-0.4, -0.2) is 17.2 Å². The van der Waals surface area contributed by atoms with Gasteiger partial charge in [-0.1, -0.05) is 29.4 Å². The van der Waals surface area contributed by atoms with Crippen molar-refractivity contribution in [3.63, 3.8) is 0 Å². The standard InChI is InChI=1S/C31H24ClN3O3S2/c1-36-22-11-13-24(14-12-22)37-23-9-7-21(8-10-23)35-30(29(34-31(35)39)26-4-2-3-19-33-26)27-17-18-28(38-27)40-25-15-5-20(32)6-16-25/h2-19,29-30H,1H3,(H,34,39)/t29-,30+/m0/s1. The van der Waals surface area contributed by atoms with Crippen molar-refractivity contribution < 1.29 is 13.9 Å². The number of nitrogens with zero attached hydrogens (tertiary/aromatic N) is 2. The Hall–Kier alpha value is -3.98. The molecule has 0 radical (unpaired) electrons. The van der Waals surface area contributed by atoms with Crippen LogP contribution in [0.25, 0.3) is 0 Å². The van der Waals surface area contributed by atoms with Gasteiger partial charge in [0.25, 0.3) is 0 Å². The average Bonchev–Trinajstić information content (AvgIpc) is 3.59. The molecule has 6 rings (SSSR count). The fourth-order valence-electron chi connectivity index (χ4n) is 4.54. The lowest BCUT2D eigenvalue weighted by Crippen LogP contribution is -2.29. The van der Waals surface area contributed by atoms with E-state index in [1.165, 1.54) is 11.8 Å². The third-order valence-electron chi connectivity index (χ3n) is 6.43. The second kappa shape index (κ2) is 11.6. The molecular weight excluding hydrogens is 562 g/mol. The van der Waals surface area contributed by atoms with Crippen molar-refractivity contribution in [2.75, 3.05) is 12.0 Å². The fraction of sp³-hybridized carbons (Fsp3) is 0.0968. The first-order valence-electron chi connectivity index (χ1n) is 12.5. The molecule has 6 nitrogen and oxygen atoms in total. The molecule has 0 saturated carbocycles. The quantitative estimate of drug-likeness (QED) is 0.182. The zero-order valence-electron chi connectivity index (χ0n) is 21.4. The summed E-state index contributed by atoms with van der Waals surface area (Å²) < 4.78 is 17.7. The minimum absolute atomic E-state index is 0.205. The molecule has 1 saturated heterocycles. The van der Waals surface area contributed by atoms with E-state index in [9.17, 15) is 0 Å². The Morgan fingerprint density at radius 1 is 0.875 bits per heavy atom. The Bertz CT molecular complexity index is 1590. The molecule has 2 aromatic heterocycles. The van der Waals surface area contributed by atoms with Crippen molar-refractivity contribution in [2.24, 2.45) is 0 Å². The van der Waals surface area contributed by atoms with Gasteiger partial charge in [0.1, 0.15) is 29.1 Å². The zero-order valence-corrected chi connectivity index (χ0v) is 23.7. The molecule has 2 atom stereocenters. The molecule has 5 aromatic rings. The first kappa shape index (κ1) is 26.3. The first-order chi connectivity index (χ1) is 19.6. The molecule has 40 heavy (non-hydrogen) atoms. The van der Waals surface area contributed by atoms with Crippen molar-refractivity contribution in [3.8, 4) is 17.2 Å². The van der Waals surface area contributed by atoms with E-state index in [1.54, 1.807) is 13.3 Å². The maximum atomic E-state index is 6.40. The van der Waals surface area contributed by atoms with Crippen LogP contribution in [0.4, 0.5) is 5.69 Å². The van der Waals surface area contributed by atoms with Gasteiger partial charge in [-0.25, -0.2) is 0 Å². The summed E-state index contributed by atoms with van der Waals surface area (Å²) in [7, 11) is 1.64. The van der Waals surface area contributed by atoms with Gasteiger partial charge >= 0.3 is 0 Å². The van der Waals surface area contributed by atoms with Gasteiger partial charge in [0.2, 0.25) is 0 Å². The molecule has 0 unspecified atom stereocenters. The maximum absolute atomic E-state index is 6.40. The van der Waals surface area contributed by atoms with Gasteiger partial charge in [0.15, 0.2) is 10.2 Å². The molecule has 0 aliphatic carbocycles. The number of thiocarbonyl (C=S) groups is 1. The second-order valence-electron chi connectivity index (χ2n) is 8.98. The molecule has 0 bridgehead atoms. The van der Waals surface area contributed by atoms with Crippen LogP contribution in [0.3, 0.4) is 0 Å². The van der Waals surface area contributed by atoms with Crippen LogP contribution in [-0.2, 0) is 0 Å². The summed E-state index contributed by atoms with van der Waals surface area (Å²) in [6, 6.07) is 32.4. The Morgan fingerprint density at radius 3 is 2.25 bits per heavy atom. The Balaban J connectivity index is 1.29. The van der Waals surface area contributed by atoms with E-state index in [0.29, 0.717) is 15.9 Å². The topological polar surface area (TPSA) is 59.8 Å². The highest BCUT2D eigenvalue weighted by Gasteiger charge is 2.42. The van der Waals surface area contributed by atoms with E-state index in [2.05, 4.69) is 15.2 Å². The predicted octanol–water partition coefficient (Wildman–Crippen LogP) is 8.46. The highest BCUT2D eigenvalue weighted by atomic mass is 35.5. The molecular formula is C31H24ClN3O3S2. The van der Waals surface area contributed by atoms with Gasteiger partial charge in [-0.15, -0.1) is 0 Å². The number of rotatable bonds is 8. The predicted molar refractivity (Wildman–Crippen MR) is 162 cm³/mol. The summed E-state index contributed by atoms with van der Waals surface area (Å²) in [5, 5.41) is 5.53. The number of hydrogen-bond donors (Lipinski definition) is 1. The molecule has 0 amide bonds. The molecule has 9 heteroatoms. The Kier molecular flexibility index (Phi) is 7.64. The van der Waals surface area contributed by atoms with Gasteiger partial charge < -0.3 is 24.1 Å². The summed E-state index contributed by atoms with van der Waals surface area (Å²) in [6.07, 6.45) is 1.79. The third kappa shape index (κ3) is 5.65. The molecule has 3 aromatic carbocycles. The van der Waals surface area contributed by atoms with Crippen LogP contribution in [0.5, 0.6) is 17.2 Å². The van der Waals surface area contributed by atoms with Crippen LogP contribution in [0.1, 0.15) is 23.5 Å². The van der Waals surface area contributed by atoms with E-state index >= 15 is 0 Å². The number of anilines is 1. The number of aromatic nitrogens is 1.